The van der Waals surface area contributed by atoms with Crippen molar-refractivity contribution in [2.75, 3.05) is 19.7 Å². The third-order valence-electron chi connectivity index (χ3n) is 4.20. The molecular weight excluding hydrogens is 412 g/mol. The van der Waals surface area contributed by atoms with E-state index >= 15 is 0 Å². The van der Waals surface area contributed by atoms with Crippen molar-refractivity contribution in [2.24, 2.45) is 5.92 Å². The van der Waals surface area contributed by atoms with E-state index in [4.69, 9.17) is 19.7 Å². The van der Waals surface area contributed by atoms with Crippen LogP contribution in [0.15, 0.2) is 54.6 Å². The number of nitrogens with one attached hydrogen (secondary N) is 1. The topological polar surface area (TPSA) is 105 Å². The molecule has 0 spiro atoms. The van der Waals surface area contributed by atoms with E-state index in [1.165, 1.54) is 30.3 Å². The van der Waals surface area contributed by atoms with Gasteiger partial charge in [-0.2, -0.15) is 0 Å². The Bertz CT molecular complexity index is 879. The van der Waals surface area contributed by atoms with E-state index in [-0.39, 0.29) is 11.6 Å². The quantitative estimate of drug-likeness (QED) is 0.568. The summed E-state index contributed by atoms with van der Waals surface area (Å²) in [5.74, 6) is -2.14. The van der Waals surface area contributed by atoms with Crippen molar-refractivity contribution in [1.29, 1.82) is 0 Å². The Morgan fingerprint density at radius 2 is 1.74 bits per heavy atom. The van der Waals surface area contributed by atoms with E-state index in [1.54, 1.807) is 12.1 Å². The summed E-state index contributed by atoms with van der Waals surface area (Å²) >= 11 is 0. The van der Waals surface area contributed by atoms with Gasteiger partial charge in [0.15, 0.2) is 17.3 Å². The molecule has 31 heavy (non-hydrogen) atoms. The first-order chi connectivity index (χ1) is 14.8. The van der Waals surface area contributed by atoms with E-state index < -0.39 is 17.8 Å². The molecule has 1 fully saturated rings. The van der Waals surface area contributed by atoms with Crippen molar-refractivity contribution in [1.82, 2.24) is 5.32 Å². The molecule has 0 aliphatic carbocycles. The smallest absolute Gasteiger partial charge is 0.328 e. The maximum Gasteiger partial charge on any atom is 0.328 e. The predicted octanol–water partition coefficient (Wildman–Crippen LogP) is 3.85. The van der Waals surface area contributed by atoms with E-state index in [0.717, 1.165) is 25.9 Å². The summed E-state index contributed by atoms with van der Waals surface area (Å²) < 4.78 is 38.4. The van der Waals surface area contributed by atoms with E-state index in [9.17, 15) is 18.4 Å². The molecule has 0 bridgehead atoms. The summed E-state index contributed by atoms with van der Waals surface area (Å²) in [5, 5.41) is 18.9. The minimum Gasteiger partial charge on any atom is -0.487 e. The molecule has 166 valence electrons. The number of halogens is 2. The normalized spacial score (nSPS) is 15.6. The van der Waals surface area contributed by atoms with Crippen LogP contribution in [0.5, 0.6) is 17.2 Å². The summed E-state index contributed by atoms with van der Waals surface area (Å²) in [6.07, 6.45) is 3.28. The lowest BCUT2D eigenvalue weighted by Crippen LogP contribution is -2.33. The second kappa shape index (κ2) is 12.3. The van der Waals surface area contributed by atoms with Crippen molar-refractivity contribution in [2.45, 2.75) is 12.8 Å². The molecule has 7 nitrogen and oxygen atoms in total. The van der Waals surface area contributed by atoms with Gasteiger partial charge >= 0.3 is 11.9 Å². The molecule has 0 radical (unpaired) electrons. The number of rotatable bonds is 7. The number of hydrogen-bond donors (Lipinski definition) is 3. The molecule has 0 saturated carbocycles. The van der Waals surface area contributed by atoms with Crippen LogP contribution >= 0.6 is 0 Å². The van der Waals surface area contributed by atoms with Crippen molar-refractivity contribution >= 4 is 11.9 Å². The van der Waals surface area contributed by atoms with Gasteiger partial charge < -0.3 is 25.0 Å². The van der Waals surface area contributed by atoms with Crippen LogP contribution < -0.4 is 14.8 Å². The molecule has 2 aromatic carbocycles. The Balaban J connectivity index is 0.000000366. The third-order valence-corrected chi connectivity index (χ3v) is 4.20. The Kier molecular flexibility index (Phi) is 9.44. The Hall–Kier alpha value is -3.46. The van der Waals surface area contributed by atoms with Gasteiger partial charge in [0.2, 0.25) is 0 Å². The second-order valence-corrected chi connectivity index (χ2v) is 6.66. The highest BCUT2D eigenvalue weighted by molar-refractivity contribution is 5.89. The number of piperidine rings is 1. The largest absolute Gasteiger partial charge is 0.487 e. The molecule has 1 saturated heterocycles. The van der Waals surface area contributed by atoms with Gasteiger partial charge in [0.25, 0.3) is 0 Å². The average Bonchev–Trinajstić information content (AvgIpc) is 2.75. The fourth-order valence-electron chi connectivity index (χ4n) is 2.75. The average molecular weight is 435 g/mol. The molecule has 3 rings (SSSR count). The fraction of sp³-hybridized carbons (Fsp3) is 0.273. The Labute approximate surface area is 177 Å². The summed E-state index contributed by atoms with van der Waals surface area (Å²) in [6, 6.07) is 10.1. The molecule has 0 unspecified atom stereocenters. The Morgan fingerprint density at radius 1 is 1.06 bits per heavy atom. The van der Waals surface area contributed by atoms with Crippen LogP contribution in [0, 0.1) is 17.6 Å². The van der Waals surface area contributed by atoms with Crippen LogP contribution in [0.3, 0.4) is 0 Å². The van der Waals surface area contributed by atoms with Gasteiger partial charge in [0.1, 0.15) is 11.6 Å². The zero-order valence-corrected chi connectivity index (χ0v) is 16.6. The van der Waals surface area contributed by atoms with Crippen LogP contribution in [-0.2, 0) is 9.59 Å². The summed E-state index contributed by atoms with van der Waals surface area (Å²) in [7, 11) is 0. The molecular formula is C22H23F2NO6. The molecule has 1 atom stereocenters. The molecule has 0 amide bonds. The lowest BCUT2D eigenvalue weighted by Gasteiger charge is -2.23. The first-order valence-corrected chi connectivity index (χ1v) is 9.54. The first kappa shape index (κ1) is 23.8. The highest BCUT2D eigenvalue weighted by atomic mass is 19.1. The van der Waals surface area contributed by atoms with Crippen molar-refractivity contribution in [3.05, 3.63) is 66.3 Å². The van der Waals surface area contributed by atoms with Gasteiger partial charge in [0.05, 0.1) is 6.61 Å². The predicted molar refractivity (Wildman–Crippen MR) is 108 cm³/mol. The summed E-state index contributed by atoms with van der Waals surface area (Å²) in [6.45, 7) is 2.34. The van der Waals surface area contributed by atoms with Gasteiger partial charge in [-0.25, -0.2) is 18.4 Å². The van der Waals surface area contributed by atoms with Gasteiger partial charge in [-0.3, -0.25) is 0 Å². The summed E-state index contributed by atoms with van der Waals surface area (Å²) in [4.78, 5) is 19.1. The molecule has 1 aliphatic heterocycles. The van der Waals surface area contributed by atoms with Crippen LogP contribution in [0.4, 0.5) is 8.78 Å². The standard InChI is InChI=1S/C18H19F2NO2.C4H4O4/c19-14-6-8-15(9-7-14)23-17-5-1-4-16(20)18(17)22-12-13-3-2-10-21-11-13;5-3(6)1-2-4(7)8/h1,4-9,13,21H,2-3,10-12H2;1-2H,(H,5,6)(H,7,8)/b;2-1+/t13-;/m0./s1. The maximum absolute atomic E-state index is 14.1. The third kappa shape index (κ3) is 8.83. The number of hydrogen-bond acceptors (Lipinski definition) is 5. The van der Waals surface area contributed by atoms with E-state index in [1.807, 2.05) is 0 Å². The van der Waals surface area contributed by atoms with Crippen molar-refractivity contribution in [3.8, 4) is 17.2 Å². The van der Waals surface area contributed by atoms with Gasteiger partial charge in [-0.1, -0.05) is 6.07 Å². The second-order valence-electron chi connectivity index (χ2n) is 6.66. The molecule has 2 aromatic rings. The highest BCUT2D eigenvalue weighted by Crippen LogP contribution is 2.34. The summed E-state index contributed by atoms with van der Waals surface area (Å²) in [5.41, 5.74) is 0. The fourth-order valence-corrected chi connectivity index (χ4v) is 2.75. The van der Waals surface area contributed by atoms with Crippen LogP contribution in [0.2, 0.25) is 0 Å². The SMILES string of the molecule is Fc1ccc(Oc2cccc(F)c2OC[C@H]2CCCNC2)cc1.O=C(O)/C=C/C(=O)O. The Morgan fingerprint density at radius 3 is 2.32 bits per heavy atom. The molecule has 9 heteroatoms. The number of ether oxygens (including phenoxy) is 2. The number of carboxylic acid groups (broad SMARTS) is 2. The van der Waals surface area contributed by atoms with Gasteiger partial charge in [-0.05, 0) is 55.8 Å². The minimum atomic E-state index is -1.26. The molecule has 3 N–H and O–H groups in total. The number of para-hydroxylation sites is 1. The van der Waals surface area contributed by atoms with Crippen molar-refractivity contribution in [3.63, 3.8) is 0 Å². The number of carboxylic acids is 2. The van der Waals surface area contributed by atoms with Crippen molar-refractivity contribution < 1.29 is 38.1 Å². The van der Waals surface area contributed by atoms with Gasteiger partial charge in [0, 0.05) is 24.6 Å². The van der Waals surface area contributed by atoms with Crippen LogP contribution in [0.1, 0.15) is 12.8 Å². The number of aliphatic carboxylic acids is 2. The van der Waals surface area contributed by atoms with Crippen LogP contribution in [-0.4, -0.2) is 41.8 Å². The zero-order chi connectivity index (χ0) is 22.6. The number of carbonyl (C=O) groups is 2. The molecule has 1 aliphatic rings. The lowest BCUT2D eigenvalue weighted by atomic mass is 10.0. The maximum atomic E-state index is 14.1. The van der Waals surface area contributed by atoms with E-state index in [0.29, 0.717) is 36.2 Å². The van der Waals surface area contributed by atoms with Crippen LogP contribution in [0.25, 0.3) is 0 Å². The molecule has 1 heterocycles. The first-order valence-electron chi connectivity index (χ1n) is 9.54. The highest BCUT2D eigenvalue weighted by Gasteiger charge is 2.17. The monoisotopic (exact) mass is 435 g/mol. The number of benzene rings is 2. The lowest BCUT2D eigenvalue weighted by molar-refractivity contribution is -0.134. The van der Waals surface area contributed by atoms with E-state index in [2.05, 4.69) is 5.32 Å². The zero-order valence-electron chi connectivity index (χ0n) is 16.6. The molecule has 0 aromatic heterocycles. The minimum absolute atomic E-state index is 0.0994. The van der Waals surface area contributed by atoms with Gasteiger partial charge in [-0.15, -0.1) is 0 Å².